The van der Waals surface area contributed by atoms with Gasteiger partial charge in [0.2, 0.25) is 5.91 Å². The van der Waals surface area contributed by atoms with E-state index in [4.69, 9.17) is 4.52 Å². The first-order valence-corrected chi connectivity index (χ1v) is 13.9. The van der Waals surface area contributed by atoms with Gasteiger partial charge in [0.25, 0.3) is 10.0 Å². The molecule has 1 amide bonds. The van der Waals surface area contributed by atoms with Gasteiger partial charge >= 0.3 is 0 Å². The molecular weight excluding hydrogens is 495 g/mol. The van der Waals surface area contributed by atoms with E-state index in [2.05, 4.69) is 15.4 Å². The Balaban J connectivity index is 1.39. The molecule has 3 aromatic rings. The average Bonchev–Trinajstić information content (AvgIpc) is 3.23. The molecule has 0 spiro atoms. The Kier molecular flexibility index (Phi) is 8.29. The topological polar surface area (TPSA) is 95.8 Å². The number of benzene rings is 2. The number of amides is 1. The molecule has 0 radical (unpaired) electrons. The molecule has 1 aliphatic rings. The molecule has 198 valence electrons. The molecule has 1 N–H and O–H groups in total. The fourth-order valence-electron chi connectivity index (χ4n) is 4.80. The van der Waals surface area contributed by atoms with Crippen LogP contribution in [0.2, 0.25) is 0 Å². The third-order valence-electron chi connectivity index (χ3n) is 6.79. The highest BCUT2D eigenvalue weighted by Crippen LogP contribution is 2.29. The number of carbonyl (C=O) groups excluding carboxylic acids is 1. The standard InChI is InChI=1S/C27H33FN4O4S/c1-19(31-15-13-24(14-16-31)29-26(33)17-22-9-11-23(28)12-10-22)18-32(25-7-5-4-6-8-25)37(34,35)27-20(2)30-36-21(27)3/h4-12,19,24H,13-18H2,1-3H3,(H,29,33)/t19-/m1/s1. The Morgan fingerprint density at radius 2 is 1.78 bits per heavy atom. The van der Waals surface area contributed by atoms with Crippen LogP contribution >= 0.6 is 0 Å². The summed E-state index contributed by atoms with van der Waals surface area (Å²) in [5.41, 5.74) is 1.69. The minimum atomic E-state index is -3.90. The molecule has 0 aliphatic carbocycles. The van der Waals surface area contributed by atoms with E-state index in [0.29, 0.717) is 11.4 Å². The number of nitrogens with one attached hydrogen (secondary N) is 1. The van der Waals surface area contributed by atoms with Gasteiger partial charge in [0.05, 0.1) is 12.1 Å². The molecule has 37 heavy (non-hydrogen) atoms. The van der Waals surface area contributed by atoms with Crippen molar-refractivity contribution in [2.24, 2.45) is 0 Å². The number of aromatic nitrogens is 1. The molecule has 0 saturated carbocycles. The predicted octanol–water partition coefficient (Wildman–Crippen LogP) is 3.84. The van der Waals surface area contributed by atoms with Gasteiger partial charge in [-0.05, 0) is 63.4 Å². The number of hydrogen-bond donors (Lipinski definition) is 1. The number of carbonyl (C=O) groups is 1. The van der Waals surface area contributed by atoms with Gasteiger partial charge in [-0.2, -0.15) is 0 Å². The van der Waals surface area contributed by atoms with Crippen LogP contribution in [0.4, 0.5) is 10.1 Å². The number of hydrogen-bond acceptors (Lipinski definition) is 6. The van der Waals surface area contributed by atoms with Gasteiger partial charge in [0.15, 0.2) is 10.7 Å². The lowest BCUT2D eigenvalue weighted by Crippen LogP contribution is -2.51. The van der Waals surface area contributed by atoms with Gasteiger partial charge in [0, 0.05) is 31.7 Å². The zero-order valence-electron chi connectivity index (χ0n) is 21.4. The van der Waals surface area contributed by atoms with Crippen molar-refractivity contribution in [1.29, 1.82) is 0 Å². The maximum Gasteiger partial charge on any atom is 0.269 e. The van der Waals surface area contributed by atoms with Gasteiger partial charge < -0.3 is 9.84 Å². The Bertz CT molecular complexity index is 1280. The predicted molar refractivity (Wildman–Crippen MR) is 139 cm³/mol. The Morgan fingerprint density at radius 3 is 2.38 bits per heavy atom. The molecule has 2 aromatic carbocycles. The number of piperidine rings is 1. The number of halogens is 1. The summed E-state index contributed by atoms with van der Waals surface area (Å²) >= 11 is 0. The molecule has 1 fully saturated rings. The summed E-state index contributed by atoms with van der Waals surface area (Å²) < 4.78 is 47.2. The monoisotopic (exact) mass is 528 g/mol. The molecule has 1 saturated heterocycles. The third kappa shape index (κ3) is 6.37. The van der Waals surface area contributed by atoms with Gasteiger partial charge in [-0.1, -0.05) is 35.5 Å². The normalized spacial score (nSPS) is 15.9. The van der Waals surface area contributed by atoms with Crippen molar-refractivity contribution in [2.75, 3.05) is 23.9 Å². The quantitative estimate of drug-likeness (QED) is 0.454. The van der Waals surface area contributed by atoms with Crippen molar-refractivity contribution >= 4 is 21.6 Å². The summed E-state index contributed by atoms with van der Waals surface area (Å²) in [6.45, 7) is 6.98. The van der Waals surface area contributed by atoms with E-state index < -0.39 is 10.0 Å². The van der Waals surface area contributed by atoms with Crippen LogP contribution in [0.1, 0.15) is 36.8 Å². The van der Waals surface area contributed by atoms with Crippen molar-refractivity contribution in [2.45, 2.75) is 57.0 Å². The number of para-hydroxylation sites is 1. The van der Waals surface area contributed by atoms with Crippen LogP contribution in [0.5, 0.6) is 0 Å². The highest BCUT2D eigenvalue weighted by Gasteiger charge is 2.34. The average molecular weight is 529 g/mol. The Hall–Kier alpha value is -3.24. The van der Waals surface area contributed by atoms with Crippen molar-refractivity contribution in [3.05, 3.63) is 77.4 Å². The lowest BCUT2D eigenvalue weighted by molar-refractivity contribution is -0.121. The summed E-state index contributed by atoms with van der Waals surface area (Å²) in [4.78, 5) is 14.8. The molecule has 8 nitrogen and oxygen atoms in total. The van der Waals surface area contributed by atoms with Crippen molar-refractivity contribution < 1.29 is 22.1 Å². The van der Waals surface area contributed by atoms with Gasteiger partial charge in [0.1, 0.15) is 11.5 Å². The lowest BCUT2D eigenvalue weighted by Gasteiger charge is -2.38. The lowest BCUT2D eigenvalue weighted by atomic mass is 10.0. The maximum absolute atomic E-state index is 13.7. The summed E-state index contributed by atoms with van der Waals surface area (Å²) in [7, 11) is -3.90. The molecule has 0 unspecified atom stereocenters. The zero-order valence-corrected chi connectivity index (χ0v) is 22.2. The van der Waals surface area contributed by atoms with E-state index in [1.807, 2.05) is 25.1 Å². The number of nitrogens with zero attached hydrogens (tertiary/aromatic N) is 3. The maximum atomic E-state index is 13.7. The fourth-order valence-corrected chi connectivity index (χ4v) is 6.64. The third-order valence-corrected chi connectivity index (χ3v) is 8.83. The molecule has 4 rings (SSSR count). The summed E-state index contributed by atoms with van der Waals surface area (Å²) in [5, 5.41) is 6.93. The highest BCUT2D eigenvalue weighted by molar-refractivity contribution is 7.93. The van der Waals surface area contributed by atoms with Crippen LogP contribution in [0.15, 0.2) is 64.0 Å². The van der Waals surface area contributed by atoms with E-state index in [-0.39, 0.29) is 47.4 Å². The molecule has 1 atom stereocenters. The largest absolute Gasteiger partial charge is 0.360 e. The fraction of sp³-hybridized carbons (Fsp3) is 0.407. The van der Waals surface area contributed by atoms with Crippen LogP contribution in [0.25, 0.3) is 0 Å². The van der Waals surface area contributed by atoms with Crippen LogP contribution in [-0.4, -0.2) is 56.1 Å². The van der Waals surface area contributed by atoms with Gasteiger partial charge in [-0.3, -0.25) is 14.0 Å². The molecule has 10 heteroatoms. The summed E-state index contributed by atoms with van der Waals surface area (Å²) in [5.74, 6) is -0.141. The molecule has 1 aromatic heterocycles. The second kappa shape index (κ2) is 11.4. The highest BCUT2D eigenvalue weighted by atomic mass is 32.2. The van der Waals surface area contributed by atoms with Crippen molar-refractivity contribution in [3.8, 4) is 0 Å². The van der Waals surface area contributed by atoms with E-state index in [1.54, 1.807) is 38.1 Å². The first-order valence-electron chi connectivity index (χ1n) is 12.4. The van der Waals surface area contributed by atoms with Crippen LogP contribution in [0.3, 0.4) is 0 Å². The first-order chi connectivity index (χ1) is 17.6. The van der Waals surface area contributed by atoms with Crippen molar-refractivity contribution in [3.63, 3.8) is 0 Å². The minimum absolute atomic E-state index is 0.0488. The summed E-state index contributed by atoms with van der Waals surface area (Å²) in [6.07, 6.45) is 1.74. The molecule has 0 bridgehead atoms. The number of anilines is 1. The van der Waals surface area contributed by atoms with Crippen LogP contribution in [-0.2, 0) is 21.2 Å². The van der Waals surface area contributed by atoms with Gasteiger partial charge in [-0.15, -0.1) is 0 Å². The van der Waals surface area contributed by atoms with E-state index in [9.17, 15) is 17.6 Å². The second-order valence-electron chi connectivity index (χ2n) is 9.56. The zero-order chi connectivity index (χ0) is 26.6. The molecule has 1 aliphatic heterocycles. The number of rotatable bonds is 9. The van der Waals surface area contributed by atoms with Crippen LogP contribution in [0, 0.1) is 19.7 Å². The van der Waals surface area contributed by atoms with Gasteiger partial charge in [-0.25, -0.2) is 12.8 Å². The Morgan fingerprint density at radius 1 is 1.14 bits per heavy atom. The van der Waals surface area contributed by atoms with E-state index in [0.717, 1.165) is 31.5 Å². The van der Waals surface area contributed by atoms with Crippen LogP contribution < -0.4 is 9.62 Å². The molecular formula is C27H33FN4O4S. The number of likely N-dealkylation sites (tertiary alicyclic amines) is 1. The minimum Gasteiger partial charge on any atom is -0.360 e. The smallest absolute Gasteiger partial charge is 0.269 e. The number of aryl methyl sites for hydroxylation is 2. The SMILES string of the molecule is Cc1noc(C)c1S(=O)(=O)N(C[C@@H](C)N1CCC(NC(=O)Cc2ccc(F)cc2)CC1)c1ccccc1. The van der Waals surface area contributed by atoms with E-state index >= 15 is 0 Å². The molecule has 2 heterocycles. The second-order valence-corrected chi connectivity index (χ2v) is 11.4. The van der Waals surface area contributed by atoms with Crippen molar-refractivity contribution in [1.82, 2.24) is 15.4 Å². The Labute approximate surface area is 217 Å². The number of sulfonamides is 1. The summed E-state index contributed by atoms with van der Waals surface area (Å²) in [6, 6.07) is 15.0. The first kappa shape index (κ1) is 26.8. The van der Waals surface area contributed by atoms with E-state index in [1.165, 1.54) is 16.4 Å².